The number of aryl methyl sites for hydroxylation is 2. The zero-order valence-corrected chi connectivity index (χ0v) is 13.0. The van der Waals surface area contributed by atoms with Crippen LogP contribution in [-0.4, -0.2) is 18.3 Å². The van der Waals surface area contributed by atoms with Crippen molar-refractivity contribution in [3.05, 3.63) is 53.6 Å². The Morgan fingerprint density at radius 1 is 1.19 bits per heavy atom. The molecule has 0 aliphatic carbocycles. The van der Waals surface area contributed by atoms with E-state index in [-0.39, 0.29) is 6.03 Å². The van der Waals surface area contributed by atoms with Gasteiger partial charge in [-0.25, -0.2) is 4.79 Å². The summed E-state index contributed by atoms with van der Waals surface area (Å²) in [6.07, 6.45) is 0. The summed E-state index contributed by atoms with van der Waals surface area (Å²) in [6, 6.07) is 14.1. The summed E-state index contributed by atoms with van der Waals surface area (Å²) >= 11 is 1.80. The van der Waals surface area contributed by atoms with Crippen LogP contribution in [0.5, 0.6) is 0 Å². The zero-order valence-electron chi connectivity index (χ0n) is 12.2. The number of para-hydroxylation sites is 1. The van der Waals surface area contributed by atoms with Crippen LogP contribution in [0.2, 0.25) is 0 Å². The van der Waals surface area contributed by atoms with Gasteiger partial charge in [0.2, 0.25) is 0 Å². The molecule has 0 unspecified atom stereocenters. The number of carbonyl (C=O) groups excluding carboxylic acids is 1. The molecule has 2 aromatic carbocycles. The SMILES string of the molecule is Cc1ccc(NC(=O)N2CCSc3ccccc32)c(C)c1. The Morgan fingerprint density at radius 3 is 2.81 bits per heavy atom. The molecule has 0 saturated carbocycles. The van der Waals surface area contributed by atoms with Crippen molar-refractivity contribution in [1.82, 2.24) is 0 Å². The van der Waals surface area contributed by atoms with Gasteiger partial charge in [-0.15, -0.1) is 11.8 Å². The van der Waals surface area contributed by atoms with Crippen LogP contribution in [0.15, 0.2) is 47.4 Å². The van der Waals surface area contributed by atoms with Crippen LogP contribution in [0.25, 0.3) is 0 Å². The van der Waals surface area contributed by atoms with Gasteiger partial charge in [-0.1, -0.05) is 29.8 Å². The molecule has 1 N–H and O–H groups in total. The van der Waals surface area contributed by atoms with Crippen molar-refractivity contribution in [3.63, 3.8) is 0 Å². The number of hydrogen-bond donors (Lipinski definition) is 1. The molecule has 4 heteroatoms. The summed E-state index contributed by atoms with van der Waals surface area (Å²) in [5, 5.41) is 3.03. The fraction of sp³-hybridized carbons (Fsp3) is 0.235. The number of nitrogens with zero attached hydrogens (tertiary/aromatic N) is 1. The molecular weight excluding hydrogens is 280 g/mol. The Morgan fingerprint density at radius 2 is 2.00 bits per heavy atom. The third kappa shape index (κ3) is 2.90. The van der Waals surface area contributed by atoms with Gasteiger partial charge in [-0.05, 0) is 37.6 Å². The quantitative estimate of drug-likeness (QED) is 0.843. The van der Waals surface area contributed by atoms with Gasteiger partial charge in [0, 0.05) is 22.9 Å². The predicted molar refractivity (Wildman–Crippen MR) is 89.4 cm³/mol. The van der Waals surface area contributed by atoms with Crippen molar-refractivity contribution < 1.29 is 4.79 Å². The van der Waals surface area contributed by atoms with Gasteiger partial charge in [-0.2, -0.15) is 0 Å². The molecule has 108 valence electrons. The lowest BCUT2D eigenvalue weighted by molar-refractivity contribution is 0.257. The van der Waals surface area contributed by atoms with Crippen molar-refractivity contribution in [2.45, 2.75) is 18.7 Å². The van der Waals surface area contributed by atoms with Gasteiger partial charge in [0.05, 0.1) is 5.69 Å². The van der Waals surface area contributed by atoms with Crippen molar-refractivity contribution >= 4 is 29.2 Å². The maximum Gasteiger partial charge on any atom is 0.326 e. The summed E-state index contributed by atoms with van der Waals surface area (Å²) in [5.41, 5.74) is 4.16. The van der Waals surface area contributed by atoms with E-state index in [1.807, 2.05) is 42.2 Å². The summed E-state index contributed by atoms with van der Waals surface area (Å²) in [6.45, 7) is 4.80. The Hall–Kier alpha value is -1.94. The van der Waals surface area contributed by atoms with E-state index < -0.39 is 0 Å². The Balaban J connectivity index is 1.83. The second-order valence-corrected chi connectivity index (χ2v) is 6.35. The molecular formula is C17H18N2OS. The lowest BCUT2D eigenvalue weighted by Crippen LogP contribution is -2.38. The van der Waals surface area contributed by atoms with E-state index in [1.165, 1.54) is 10.5 Å². The van der Waals surface area contributed by atoms with E-state index >= 15 is 0 Å². The van der Waals surface area contributed by atoms with Gasteiger partial charge in [0.25, 0.3) is 0 Å². The van der Waals surface area contributed by atoms with Crippen molar-refractivity contribution in [1.29, 1.82) is 0 Å². The lowest BCUT2D eigenvalue weighted by Gasteiger charge is -2.29. The normalized spacial score (nSPS) is 13.7. The van der Waals surface area contributed by atoms with Gasteiger partial charge >= 0.3 is 6.03 Å². The van der Waals surface area contributed by atoms with E-state index in [0.29, 0.717) is 0 Å². The first-order valence-electron chi connectivity index (χ1n) is 7.03. The van der Waals surface area contributed by atoms with Crippen LogP contribution in [-0.2, 0) is 0 Å². The minimum atomic E-state index is -0.0605. The molecule has 0 spiro atoms. The molecule has 0 saturated heterocycles. The summed E-state index contributed by atoms with van der Waals surface area (Å²) in [4.78, 5) is 15.6. The van der Waals surface area contributed by atoms with E-state index in [0.717, 1.165) is 29.2 Å². The second kappa shape index (κ2) is 5.82. The van der Waals surface area contributed by atoms with Gasteiger partial charge in [-0.3, -0.25) is 4.90 Å². The maximum absolute atomic E-state index is 12.6. The molecule has 0 aromatic heterocycles. The molecule has 21 heavy (non-hydrogen) atoms. The van der Waals surface area contributed by atoms with E-state index in [9.17, 15) is 4.79 Å². The minimum Gasteiger partial charge on any atom is -0.307 e. The number of urea groups is 1. The van der Waals surface area contributed by atoms with Crippen LogP contribution in [0.1, 0.15) is 11.1 Å². The number of rotatable bonds is 1. The van der Waals surface area contributed by atoms with Crippen LogP contribution in [0.3, 0.4) is 0 Å². The third-order valence-electron chi connectivity index (χ3n) is 3.60. The maximum atomic E-state index is 12.6. The molecule has 0 radical (unpaired) electrons. The average molecular weight is 298 g/mol. The smallest absolute Gasteiger partial charge is 0.307 e. The first kappa shape index (κ1) is 14.0. The van der Waals surface area contributed by atoms with Crippen LogP contribution in [0.4, 0.5) is 16.2 Å². The molecule has 2 amide bonds. The number of benzene rings is 2. The number of nitrogens with one attached hydrogen (secondary N) is 1. The summed E-state index contributed by atoms with van der Waals surface area (Å²) < 4.78 is 0. The summed E-state index contributed by atoms with van der Waals surface area (Å²) in [5.74, 6) is 0.928. The van der Waals surface area contributed by atoms with Crippen LogP contribution in [0, 0.1) is 13.8 Å². The van der Waals surface area contributed by atoms with Crippen molar-refractivity contribution in [2.24, 2.45) is 0 Å². The minimum absolute atomic E-state index is 0.0605. The first-order chi connectivity index (χ1) is 10.1. The second-order valence-electron chi connectivity index (χ2n) is 5.22. The highest BCUT2D eigenvalue weighted by molar-refractivity contribution is 7.99. The number of amides is 2. The highest BCUT2D eigenvalue weighted by Crippen LogP contribution is 2.34. The number of carbonyl (C=O) groups is 1. The van der Waals surface area contributed by atoms with Crippen molar-refractivity contribution in [2.75, 3.05) is 22.5 Å². The van der Waals surface area contributed by atoms with E-state index in [2.05, 4.69) is 24.4 Å². The predicted octanol–water partition coefficient (Wildman–Crippen LogP) is 4.45. The lowest BCUT2D eigenvalue weighted by atomic mass is 10.1. The molecule has 0 bridgehead atoms. The molecule has 0 atom stereocenters. The van der Waals surface area contributed by atoms with Gasteiger partial charge in [0.1, 0.15) is 0 Å². The molecule has 2 aromatic rings. The largest absolute Gasteiger partial charge is 0.326 e. The number of hydrogen-bond acceptors (Lipinski definition) is 2. The number of fused-ring (bicyclic) bond motifs is 1. The monoisotopic (exact) mass is 298 g/mol. The van der Waals surface area contributed by atoms with Gasteiger partial charge < -0.3 is 5.32 Å². The Labute approximate surface area is 129 Å². The fourth-order valence-electron chi connectivity index (χ4n) is 2.52. The van der Waals surface area contributed by atoms with Gasteiger partial charge in [0.15, 0.2) is 0 Å². The summed E-state index contributed by atoms with van der Waals surface area (Å²) in [7, 11) is 0. The Kier molecular flexibility index (Phi) is 3.88. The topological polar surface area (TPSA) is 32.3 Å². The molecule has 1 aliphatic heterocycles. The fourth-order valence-corrected chi connectivity index (χ4v) is 3.51. The highest BCUT2D eigenvalue weighted by atomic mass is 32.2. The van der Waals surface area contributed by atoms with E-state index in [4.69, 9.17) is 0 Å². The molecule has 3 rings (SSSR count). The number of thioether (sulfide) groups is 1. The number of anilines is 2. The standard InChI is InChI=1S/C17H18N2OS/c1-12-7-8-14(13(2)11-12)18-17(20)19-9-10-21-16-6-4-3-5-15(16)19/h3-8,11H,9-10H2,1-2H3,(H,18,20). The van der Waals surface area contributed by atoms with E-state index in [1.54, 1.807) is 11.8 Å². The van der Waals surface area contributed by atoms with Crippen LogP contribution >= 0.6 is 11.8 Å². The molecule has 0 fully saturated rings. The van der Waals surface area contributed by atoms with Crippen molar-refractivity contribution in [3.8, 4) is 0 Å². The molecule has 1 heterocycles. The Bertz CT molecular complexity index is 684. The third-order valence-corrected chi connectivity index (χ3v) is 4.64. The average Bonchev–Trinajstić information content (AvgIpc) is 2.49. The highest BCUT2D eigenvalue weighted by Gasteiger charge is 2.22. The zero-order chi connectivity index (χ0) is 14.8. The first-order valence-corrected chi connectivity index (χ1v) is 8.01. The molecule has 1 aliphatic rings. The van der Waals surface area contributed by atoms with Crippen LogP contribution < -0.4 is 10.2 Å². The molecule has 3 nitrogen and oxygen atoms in total.